The van der Waals surface area contributed by atoms with Gasteiger partial charge in [0.2, 0.25) is 0 Å². The average Bonchev–Trinajstić information content (AvgIpc) is 3.08. The highest BCUT2D eigenvalue weighted by Crippen LogP contribution is 2.37. The molecule has 0 aliphatic rings. The van der Waals surface area contributed by atoms with Crippen molar-refractivity contribution < 1.29 is 14.3 Å². The number of benzene rings is 2. The van der Waals surface area contributed by atoms with Gasteiger partial charge in [-0.3, -0.25) is 0 Å². The van der Waals surface area contributed by atoms with E-state index in [1.165, 1.54) is 11.3 Å². The highest BCUT2D eigenvalue weighted by atomic mass is 32.1. The molecule has 5 nitrogen and oxygen atoms in total. The lowest BCUT2D eigenvalue weighted by atomic mass is 10.0. The molecular weight excluding hydrogens is 348 g/mol. The van der Waals surface area contributed by atoms with Crippen LogP contribution in [0.2, 0.25) is 0 Å². The second kappa shape index (κ2) is 7.14. The van der Waals surface area contributed by atoms with Gasteiger partial charge in [-0.25, -0.2) is 9.78 Å². The first-order chi connectivity index (χ1) is 12.4. The zero-order valence-electron chi connectivity index (χ0n) is 14.8. The van der Waals surface area contributed by atoms with Crippen LogP contribution in [0.15, 0.2) is 41.9 Å². The molecule has 3 aromatic rings. The molecule has 0 saturated carbocycles. The van der Waals surface area contributed by atoms with Crippen LogP contribution in [0.5, 0.6) is 5.75 Å². The zero-order valence-corrected chi connectivity index (χ0v) is 15.6. The minimum atomic E-state index is -1.14. The van der Waals surface area contributed by atoms with E-state index in [0.29, 0.717) is 17.9 Å². The van der Waals surface area contributed by atoms with Gasteiger partial charge in [-0.1, -0.05) is 12.1 Å². The molecule has 0 fully saturated rings. The molecule has 0 radical (unpaired) electrons. The van der Waals surface area contributed by atoms with E-state index in [4.69, 9.17) is 14.7 Å². The number of carbonyl (C=O) groups is 1. The Labute approximate surface area is 155 Å². The van der Waals surface area contributed by atoms with E-state index >= 15 is 0 Å². The first-order valence-electron chi connectivity index (χ1n) is 8.18. The van der Waals surface area contributed by atoms with Crippen molar-refractivity contribution in [2.24, 2.45) is 0 Å². The summed E-state index contributed by atoms with van der Waals surface area (Å²) in [6.45, 7) is 5.41. The smallest absolute Gasteiger partial charge is 0.349 e. The van der Waals surface area contributed by atoms with E-state index in [0.717, 1.165) is 21.3 Å². The molecule has 0 aliphatic carbocycles. The van der Waals surface area contributed by atoms with Crippen molar-refractivity contribution in [2.75, 3.05) is 6.61 Å². The van der Waals surface area contributed by atoms with E-state index in [2.05, 4.69) is 11.1 Å². The fraction of sp³-hybridized carbons (Fsp3) is 0.250. The minimum Gasteiger partial charge on any atom is -0.475 e. The second-order valence-corrected chi connectivity index (χ2v) is 7.08. The van der Waals surface area contributed by atoms with Gasteiger partial charge in [-0.2, -0.15) is 5.26 Å². The van der Waals surface area contributed by atoms with Crippen LogP contribution in [0.4, 0.5) is 0 Å². The number of thiazole rings is 1. The summed E-state index contributed by atoms with van der Waals surface area (Å²) in [5.41, 5.74) is 3.76. The summed E-state index contributed by atoms with van der Waals surface area (Å²) >= 11 is 1.53. The molecule has 26 heavy (non-hydrogen) atoms. The molecule has 0 atom stereocenters. The fourth-order valence-electron chi connectivity index (χ4n) is 2.54. The fourth-order valence-corrected chi connectivity index (χ4v) is 3.24. The van der Waals surface area contributed by atoms with E-state index in [-0.39, 0.29) is 0 Å². The zero-order chi connectivity index (χ0) is 18.7. The molecule has 0 N–H and O–H groups in total. The third kappa shape index (κ3) is 3.53. The van der Waals surface area contributed by atoms with Gasteiger partial charge >= 0.3 is 5.97 Å². The van der Waals surface area contributed by atoms with Crippen LogP contribution in [0.1, 0.15) is 26.3 Å². The largest absolute Gasteiger partial charge is 0.475 e. The van der Waals surface area contributed by atoms with Crippen LogP contribution in [-0.2, 0) is 9.53 Å². The Balaban J connectivity index is 2.07. The maximum Gasteiger partial charge on any atom is 0.349 e. The highest BCUT2D eigenvalue weighted by molar-refractivity contribution is 7.16. The van der Waals surface area contributed by atoms with Crippen molar-refractivity contribution in [3.63, 3.8) is 0 Å². The molecule has 132 valence electrons. The van der Waals surface area contributed by atoms with Crippen LogP contribution < -0.4 is 4.74 Å². The lowest BCUT2D eigenvalue weighted by Crippen LogP contribution is -2.39. The van der Waals surface area contributed by atoms with Crippen molar-refractivity contribution in [1.29, 1.82) is 5.26 Å². The third-order valence-electron chi connectivity index (χ3n) is 3.89. The normalized spacial score (nSPS) is 11.2. The maximum atomic E-state index is 12.2. The van der Waals surface area contributed by atoms with E-state index in [1.54, 1.807) is 38.4 Å². The minimum absolute atomic E-state index is 0.291. The van der Waals surface area contributed by atoms with Crippen LogP contribution in [0, 0.1) is 11.3 Å². The quantitative estimate of drug-likeness (QED) is 0.619. The summed E-state index contributed by atoms with van der Waals surface area (Å²) < 4.78 is 12.2. The van der Waals surface area contributed by atoms with E-state index < -0.39 is 11.6 Å². The number of ether oxygens (including phenoxy) is 2. The van der Waals surface area contributed by atoms with Crippen molar-refractivity contribution in [1.82, 2.24) is 4.98 Å². The number of aromatic nitrogens is 1. The van der Waals surface area contributed by atoms with Gasteiger partial charge in [0, 0.05) is 11.6 Å². The topological polar surface area (TPSA) is 72.2 Å². The number of rotatable bonds is 5. The van der Waals surface area contributed by atoms with Gasteiger partial charge in [0.15, 0.2) is 5.60 Å². The molecule has 6 heteroatoms. The Morgan fingerprint density at radius 1 is 1.27 bits per heavy atom. The average molecular weight is 366 g/mol. The van der Waals surface area contributed by atoms with Gasteiger partial charge < -0.3 is 9.47 Å². The van der Waals surface area contributed by atoms with Crippen molar-refractivity contribution in [2.45, 2.75) is 26.4 Å². The summed E-state index contributed by atoms with van der Waals surface area (Å²) in [5, 5.41) is 9.00. The van der Waals surface area contributed by atoms with Crippen LogP contribution in [-0.4, -0.2) is 23.2 Å². The lowest BCUT2D eigenvalue weighted by Gasteiger charge is -2.25. The van der Waals surface area contributed by atoms with Gasteiger partial charge in [0.05, 0.1) is 34.0 Å². The van der Waals surface area contributed by atoms with Crippen molar-refractivity contribution >= 4 is 27.5 Å². The number of nitrogens with zero attached hydrogens (tertiary/aromatic N) is 2. The first kappa shape index (κ1) is 17.9. The molecular formula is C20H18N2O3S. The Bertz CT molecular complexity index is 984. The van der Waals surface area contributed by atoms with E-state index in [9.17, 15) is 4.79 Å². The molecule has 0 saturated heterocycles. The number of esters is 1. The summed E-state index contributed by atoms with van der Waals surface area (Å²) in [5.74, 6) is 0.121. The number of hydrogen-bond acceptors (Lipinski definition) is 6. The summed E-state index contributed by atoms with van der Waals surface area (Å²) in [7, 11) is 0. The second-order valence-electron chi connectivity index (χ2n) is 6.19. The SMILES string of the molecule is CCOC(=O)C(C)(C)Oc1cc2ncsc2cc1-c1ccc(C#N)cc1. The molecule has 0 amide bonds. The van der Waals surface area contributed by atoms with Gasteiger partial charge in [0.25, 0.3) is 0 Å². The van der Waals surface area contributed by atoms with E-state index in [1.807, 2.05) is 24.3 Å². The highest BCUT2D eigenvalue weighted by Gasteiger charge is 2.32. The standard InChI is InChI=1S/C20H18N2O3S/c1-4-24-19(23)20(2,3)25-17-10-16-18(26-12-22-16)9-15(17)14-7-5-13(11-21)6-8-14/h5-10,12H,4H2,1-3H3. The molecule has 3 rings (SSSR count). The van der Waals surface area contributed by atoms with Crippen molar-refractivity contribution in [3.05, 3.63) is 47.5 Å². The van der Waals surface area contributed by atoms with Gasteiger partial charge in [-0.15, -0.1) is 11.3 Å². The van der Waals surface area contributed by atoms with Crippen molar-refractivity contribution in [3.8, 4) is 22.9 Å². The molecule has 0 bridgehead atoms. The third-order valence-corrected chi connectivity index (χ3v) is 4.68. The summed E-state index contributed by atoms with van der Waals surface area (Å²) in [4.78, 5) is 16.5. The Morgan fingerprint density at radius 2 is 2.00 bits per heavy atom. The molecule has 0 unspecified atom stereocenters. The van der Waals surface area contributed by atoms with Crippen LogP contribution in [0.3, 0.4) is 0 Å². The molecule has 2 aromatic carbocycles. The summed E-state index contributed by atoms with van der Waals surface area (Å²) in [6.07, 6.45) is 0. The lowest BCUT2D eigenvalue weighted by molar-refractivity contribution is -0.158. The Hall–Kier alpha value is -2.91. The molecule has 1 heterocycles. The predicted molar refractivity (Wildman–Crippen MR) is 101 cm³/mol. The molecule has 0 aliphatic heterocycles. The van der Waals surface area contributed by atoms with Gasteiger partial charge in [0.1, 0.15) is 5.75 Å². The molecule has 0 spiro atoms. The maximum absolute atomic E-state index is 12.2. The van der Waals surface area contributed by atoms with Crippen LogP contribution in [0.25, 0.3) is 21.3 Å². The van der Waals surface area contributed by atoms with Gasteiger partial charge in [-0.05, 0) is 44.5 Å². The number of nitriles is 1. The number of hydrogen-bond donors (Lipinski definition) is 0. The summed E-state index contributed by atoms with van der Waals surface area (Å²) in [6, 6.07) is 13.2. The monoisotopic (exact) mass is 366 g/mol. The van der Waals surface area contributed by atoms with Crippen LogP contribution >= 0.6 is 11.3 Å². The number of fused-ring (bicyclic) bond motifs is 1. The Kier molecular flexibility index (Phi) is 4.92. The Morgan fingerprint density at radius 3 is 2.65 bits per heavy atom. The molecule has 1 aromatic heterocycles. The first-order valence-corrected chi connectivity index (χ1v) is 9.06. The predicted octanol–water partition coefficient (Wildman–Crippen LogP) is 4.56. The number of carbonyl (C=O) groups excluding carboxylic acids is 1.